The molecule has 15 heavy (non-hydrogen) atoms. The van der Waals surface area contributed by atoms with Crippen molar-refractivity contribution in [3.8, 4) is 0 Å². The summed E-state index contributed by atoms with van der Waals surface area (Å²) in [6, 6.07) is 0. The molecule has 3 nitrogen and oxygen atoms in total. The molecule has 0 amide bonds. The third kappa shape index (κ3) is 3.97. The largest absolute Gasteiger partial charge is 0.384 e. The highest BCUT2D eigenvalue weighted by Crippen LogP contribution is 2.25. The van der Waals surface area contributed by atoms with Gasteiger partial charge in [0.15, 0.2) is 0 Å². The summed E-state index contributed by atoms with van der Waals surface area (Å²) in [5.41, 5.74) is 1.06. The summed E-state index contributed by atoms with van der Waals surface area (Å²) in [6.45, 7) is 2.84. The molecule has 0 aliphatic rings. The van der Waals surface area contributed by atoms with Gasteiger partial charge in [-0.1, -0.05) is 24.9 Å². The van der Waals surface area contributed by atoms with Gasteiger partial charge in [-0.05, 0) is 6.42 Å². The molecule has 1 aromatic heterocycles. The van der Waals surface area contributed by atoms with E-state index in [1.54, 1.807) is 18.9 Å². The molecule has 1 rings (SSSR count). The number of hydrogen-bond donors (Lipinski definition) is 0. The lowest BCUT2D eigenvalue weighted by molar-refractivity contribution is 0.218. The summed E-state index contributed by atoms with van der Waals surface area (Å²) >= 11 is 7.69. The predicted molar refractivity (Wildman–Crippen MR) is 63.6 cm³/mol. The first kappa shape index (κ1) is 12.7. The normalized spacial score (nSPS) is 10.6. The maximum atomic E-state index is 6.03. The van der Waals surface area contributed by atoms with Crippen LogP contribution in [0.25, 0.3) is 0 Å². The van der Waals surface area contributed by atoms with Crippen molar-refractivity contribution in [1.29, 1.82) is 0 Å². The van der Waals surface area contributed by atoms with Crippen molar-refractivity contribution >= 4 is 23.4 Å². The van der Waals surface area contributed by atoms with Crippen molar-refractivity contribution in [3.05, 3.63) is 17.0 Å². The van der Waals surface area contributed by atoms with Crippen LogP contribution in [0.15, 0.2) is 11.4 Å². The Morgan fingerprint density at radius 3 is 2.93 bits per heavy atom. The van der Waals surface area contributed by atoms with Crippen molar-refractivity contribution < 1.29 is 4.74 Å². The Morgan fingerprint density at radius 2 is 2.27 bits per heavy atom. The number of rotatable bonds is 6. The quantitative estimate of drug-likeness (QED) is 0.439. The van der Waals surface area contributed by atoms with E-state index in [0.717, 1.165) is 35.8 Å². The van der Waals surface area contributed by atoms with E-state index in [1.165, 1.54) is 6.33 Å². The first-order valence-corrected chi connectivity index (χ1v) is 6.27. The van der Waals surface area contributed by atoms with Gasteiger partial charge in [-0.15, -0.1) is 11.8 Å². The highest BCUT2D eigenvalue weighted by molar-refractivity contribution is 7.99. The van der Waals surface area contributed by atoms with Crippen LogP contribution < -0.4 is 0 Å². The standard InChI is InChI=1S/C10H15ClN2OS/c1-3-4-8-9(11)12-7-13-10(8)15-6-5-14-2/h7H,3-6H2,1-2H3. The van der Waals surface area contributed by atoms with Gasteiger partial charge >= 0.3 is 0 Å². The molecular formula is C10H15ClN2OS. The van der Waals surface area contributed by atoms with Crippen LogP contribution in [0, 0.1) is 0 Å². The monoisotopic (exact) mass is 246 g/mol. The number of nitrogens with zero attached hydrogens (tertiary/aromatic N) is 2. The molecule has 0 radical (unpaired) electrons. The van der Waals surface area contributed by atoms with Gasteiger partial charge in [0.1, 0.15) is 16.5 Å². The number of methoxy groups -OCH3 is 1. The Morgan fingerprint density at radius 1 is 1.47 bits per heavy atom. The fourth-order valence-corrected chi connectivity index (χ4v) is 2.40. The Labute approximate surface area is 99.6 Å². The van der Waals surface area contributed by atoms with Crippen LogP contribution in [0.4, 0.5) is 0 Å². The van der Waals surface area contributed by atoms with E-state index in [0.29, 0.717) is 5.15 Å². The highest BCUT2D eigenvalue weighted by atomic mass is 35.5. The zero-order valence-electron chi connectivity index (χ0n) is 8.99. The Bertz CT molecular complexity index is 309. The second-order valence-corrected chi connectivity index (χ2v) is 4.48. The molecule has 0 unspecified atom stereocenters. The number of hydrogen-bond acceptors (Lipinski definition) is 4. The molecule has 5 heteroatoms. The minimum atomic E-state index is 0.576. The van der Waals surface area contributed by atoms with Crippen LogP contribution >= 0.6 is 23.4 Å². The van der Waals surface area contributed by atoms with Crippen molar-refractivity contribution in [1.82, 2.24) is 9.97 Å². The fraction of sp³-hybridized carbons (Fsp3) is 0.600. The van der Waals surface area contributed by atoms with Gasteiger partial charge in [0.2, 0.25) is 0 Å². The van der Waals surface area contributed by atoms with Crippen LogP contribution in [0.1, 0.15) is 18.9 Å². The molecule has 0 saturated heterocycles. The molecule has 0 fully saturated rings. The van der Waals surface area contributed by atoms with Crippen LogP contribution in [0.3, 0.4) is 0 Å². The summed E-state index contributed by atoms with van der Waals surface area (Å²) in [4.78, 5) is 8.24. The second kappa shape index (κ2) is 7.04. The first-order valence-electron chi connectivity index (χ1n) is 4.90. The molecule has 0 bridgehead atoms. The van der Waals surface area contributed by atoms with E-state index < -0.39 is 0 Å². The summed E-state index contributed by atoms with van der Waals surface area (Å²) in [6.07, 6.45) is 3.48. The van der Waals surface area contributed by atoms with Crippen molar-refractivity contribution in [2.24, 2.45) is 0 Å². The van der Waals surface area contributed by atoms with Gasteiger partial charge < -0.3 is 4.74 Å². The first-order chi connectivity index (χ1) is 7.29. The van der Waals surface area contributed by atoms with Gasteiger partial charge in [0.25, 0.3) is 0 Å². The van der Waals surface area contributed by atoms with E-state index in [2.05, 4.69) is 16.9 Å². The number of aromatic nitrogens is 2. The molecule has 84 valence electrons. The maximum absolute atomic E-state index is 6.03. The molecule has 1 aromatic rings. The molecule has 1 heterocycles. The molecular weight excluding hydrogens is 232 g/mol. The number of thioether (sulfide) groups is 1. The third-order valence-electron chi connectivity index (χ3n) is 1.88. The third-order valence-corrected chi connectivity index (χ3v) is 3.20. The van der Waals surface area contributed by atoms with Gasteiger partial charge in [-0.25, -0.2) is 9.97 Å². The molecule has 0 saturated carbocycles. The van der Waals surface area contributed by atoms with E-state index >= 15 is 0 Å². The zero-order chi connectivity index (χ0) is 11.1. The average molecular weight is 247 g/mol. The lowest BCUT2D eigenvalue weighted by Crippen LogP contribution is -1.98. The van der Waals surface area contributed by atoms with Crippen LogP contribution in [-0.4, -0.2) is 29.4 Å². The van der Waals surface area contributed by atoms with Gasteiger partial charge in [-0.3, -0.25) is 0 Å². The summed E-state index contributed by atoms with van der Waals surface area (Å²) < 4.78 is 5.00. The lowest BCUT2D eigenvalue weighted by atomic mass is 10.2. The van der Waals surface area contributed by atoms with E-state index in [4.69, 9.17) is 16.3 Å². The van der Waals surface area contributed by atoms with Crippen LogP contribution in [0.2, 0.25) is 5.15 Å². The molecule has 0 atom stereocenters. The summed E-state index contributed by atoms with van der Waals surface area (Å²) in [7, 11) is 1.69. The lowest BCUT2D eigenvalue weighted by Gasteiger charge is -2.07. The minimum Gasteiger partial charge on any atom is -0.384 e. The molecule has 0 N–H and O–H groups in total. The Hall–Kier alpha value is -0.320. The van der Waals surface area contributed by atoms with Crippen molar-refractivity contribution in [2.45, 2.75) is 24.8 Å². The molecule has 0 spiro atoms. The van der Waals surface area contributed by atoms with Crippen LogP contribution in [-0.2, 0) is 11.2 Å². The number of halogens is 1. The Kier molecular flexibility index (Phi) is 5.98. The van der Waals surface area contributed by atoms with Crippen molar-refractivity contribution in [3.63, 3.8) is 0 Å². The summed E-state index contributed by atoms with van der Waals surface area (Å²) in [5.74, 6) is 0.889. The van der Waals surface area contributed by atoms with Gasteiger partial charge in [-0.2, -0.15) is 0 Å². The Balaban J connectivity index is 2.71. The van der Waals surface area contributed by atoms with E-state index in [9.17, 15) is 0 Å². The topological polar surface area (TPSA) is 35.0 Å². The van der Waals surface area contributed by atoms with Crippen molar-refractivity contribution in [2.75, 3.05) is 19.5 Å². The van der Waals surface area contributed by atoms with Crippen LogP contribution in [0.5, 0.6) is 0 Å². The second-order valence-electron chi connectivity index (χ2n) is 3.04. The average Bonchev–Trinajstić information content (AvgIpc) is 2.23. The molecule has 0 aliphatic carbocycles. The zero-order valence-corrected chi connectivity index (χ0v) is 10.6. The highest BCUT2D eigenvalue weighted by Gasteiger charge is 2.08. The summed E-state index contributed by atoms with van der Waals surface area (Å²) in [5, 5.41) is 1.56. The van der Waals surface area contributed by atoms with E-state index in [-0.39, 0.29) is 0 Å². The van der Waals surface area contributed by atoms with Gasteiger partial charge in [0, 0.05) is 18.4 Å². The smallest absolute Gasteiger partial charge is 0.136 e. The molecule has 0 aromatic carbocycles. The van der Waals surface area contributed by atoms with Gasteiger partial charge in [0.05, 0.1) is 6.61 Å². The van der Waals surface area contributed by atoms with E-state index in [1.807, 2.05) is 0 Å². The molecule has 0 aliphatic heterocycles. The number of ether oxygens (including phenoxy) is 1. The fourth-order valence-electron chi connectivity index (χ4n) is 1.18. The minimum absolute atomic E-state index is 0.576. The SMILES string of the molecule is CCCc1c(Cl)ncnc1SCCOC. The maximum Gasteiger partial charge on any atom is 0.136 e. The predicted octanol–water partition coefficient (Wildman–Crippen LogP) is 2.82.